The molecule has 4 nitrogen and oxygen atoms in total. The summed E-state index contributed by atoms with van der Waals surface area (Å²) >= 11 is 1.42. The van der Waals surface area contributed by atoms with Gasteiger partial charge in [0, 0.05) is 11.5 Å². The summed E-state index contributed by atoms with van der Waals surface area (Å²) < 4.78 is 0. The van der Waals surface area contributed by atoms with Gasteiger partial charge in [-0.05, 0) is 11.6 Å². The van der Waals surface area contributed by atoms with Crippen LogP contribution in [0.5, 0.6) is 0 Å². The second-order valence-corrected chi connectivity index (χ2v) is 4.26. The zero-order valence-corrected chi connectivity index (χ0v) is 9.41. The van der Waals surface area contributed by atoms with E-state index in [1.54, 1.807) is 12.1 Å². The minimum absolute atomic E-state index is 0.342. The van der Waals surface area contributed by atoms with Gasteiger partial charge in [0.05, 0.1) is 11.6 Å². The molecule has 1 atom stereocenters. The van der Waals surface area contributed by atoms with Crippen LogP contribution >= 0.6 is 11.8 Å². The number of nitrogens with zero attached hydrogens (tertiary/aromatic N) is 1. The van der Waals surface area contributed by atoms with E-state index in [1.165, 1.54) is 11.8 Å². The Kier molecular flexibility index (Phi) is 4.83. The number of aliphatic carboxylic acids is 1. The van der Waals surface area contributed by atoms with Gasteiger partial charge >= 0.3 is 5.97 Å². The van der Waals surface area contributed by atoms with Crippen LogP contribution in [0.1, 0.15) is 11.1 Å². The van der Waals surface area contributed by atoms with Gasteiger partial charge < -0.3 is 10.8 Å². The fraction of sp³-hybridized carbons (Fsp3) is 0.273. The maximum absolute atomic E-state index is 10.5. The molecule has 0 saturated heterocycles. The summed E-state index contributed by atoms with van der Waals surface area (Å²) in [6.45, 7) is 0. The number of hydrogen-bond donors (Lipinski definition) is 2. The molecule has 0 aromatic heterocycles. The topological polar surface area (TPSA) is 87.1 Å². The fourth-order valence-corrected chi connectivity index (χ4v) is 2.11. The Balaban J connectivity index is 2.49. The fourth-order valence-electron chi connectivity index (χ4n) is 1.12. The molecule has 0 bridgehead atoms. The third-order valence-corrected chi connectivity index (χ3v) is 3.12. The minimum Gasteiger partial charge on any atom is -0.480 e. The van der Waals surface area contributed by atoms with Crippen LogP contribution in [-0.2, 0) is 10.5 Å². The molecule has 0 spiro atoms. The first-order valence-corrected chi connectivity index (χ1v) is 5.84. The molecule has 0 aliphatic carbocycles. The lowest BCUT2D eigenvalue weighted by atomic mass is 10.1. The van der Waals surface area contributed by atoms with Crippen molar-refractivity contribution in [3.05, 3.63) is 35.4 Å². The molecule has 1 rings (SSSR count). The van der Waals surface area contributed by atoms with Crippen LogP contribution in [0.15, 0.2) is 24.3 Å². The van der Waals surface area contributed by atoms with E-state index in [0.717, 1.165) is 5.56 Å². The molecule has 0 radical (unpaired) electrons. The van der Waals surface area contributed by atoms with Gasteiger partial charge in [-0.3, -0.25) is 4.79 Å². The Bertz CT molecular complexity index is 415. The van der Waals surface area contributed by atoms with Gasteiger partial charge in [0.2, 0.25) is 0 Å². The van der Waals surface area contributed by atoms with Crippen LogP contribution in [0.4, 0.5) is 0 Å². The molecule has 0 amide bonds. The van der Waals surface area contributed by atoms with E-state index >= 15 is 0 Å². The summed E-state index contributed by atoms with van der Waals surface area (Å²) in [4.78, 5) is 10.5. The highest BCUT2D eigenvalue weighted by molar-refractivity contribution is 7.98. The Hall–Kier alpha value is -1.51. The van der Waals surface area contributed by atoms with E-state index in [-0.39, 0.29) is 0 Å². The van der Waals surface area contributed by atoms with Crippen molar-refractivity contribution >= 4 is 17.7 Å². The normalized spacial score (nSPS) is 11.8. The average molecular weight is 236 g/mol. The van der Waals surface area contributed by atoms with E-state index in [4.69, 9.17) is 16.1 Å². The molecular formula is C11H12N2O2S. The molecule has 84 valence electrons. The molecule has 5 heteroatoms. The highest BCUT2D eigenvalue weighted by Crippen LogP contribution is 2.16. The first kappa shape index (κ1) is 12.6. The van der Waals surface area contributed by atoms with Gasteiger partial charge in [-0.25, -0.2) is 0 Å². The van der Waals surface area contributed by atoms with E-state index in [2.05, 4.69) is 6.07 Å². The zero-order valence-electron chi connectivity index (χ0n) is 8.59. The molecule has 0 fully saturated rings. The molecule has 16 heavy (non-hydrogen) atoms. The molecule has 0 saturated carbocycles. The average Bonchev–Trinajstić information content (AvgIpc) is 2.29. The van der Waals surface area contributed by atoms with Crippen molar-refractivity contribution < 1.29 is 9.90 Å². The molecule has 0 aliphatic heterocycles. The maximum Gasteiger partial charge on any atom is 0.321 e. The van der Waals surface area contributed by atoms with Crippen LogP contribution < -0.4 is 5.73 Å². The van der Waals surface area contributed by atoms with Crippen LogP contribution in [0, 0.1) is 11.3 Å². The van der Waals surface area contributed by atoms with Crippen molar-refractivity contribution in [2.24, 2.45) is 5.73 Å². The van der Waals surface area contributed by atoms with Crippen LogP contribution in [0.2, 0.25) is 0 Å². The first-order chi connectivity index (χ1) is 7.65. The van der Waals surface area contributed by atoms with E-state index in [9.17, 15) is 4.79 Å². The van der Waals surface area contributed by atoms with Gasteiger partial charge in [-0.15, -0.1) is 0 Å². The number of nitriles is 1. The number of nitrogens with two attached hydrogens (primary N) is 1. The number of carboxylic acid groups (broad SMARTS) is 1. The summed E-state index contributed by atoms with van der Waals surface area (Å²) in [5.41, 5.74) is 6.90. The molecule has 0 heterocycles. The maximum atomic E-state index is 10.5. The van der Waals surface area contributed by atoms with E-state index in [0.29, 0.717) is 17.1 Å². The van der Waals surface area contributed by atoms with E-state index < -0.39 is 12.0 Å². The highest BCUT2D eigenvalue weighted by atomic mass is 32.2. The monoisotopic (exact) mass is 236 g/mol. The molecule has 1 aromatic rings. The molecule has 1 unspecified atom stereocenters. The Morgan fingerprint density at radius 2 is 2.25 bits per heavy atom. The lowest BCUT2D eigenvalue weighted by molar-refractivity contribution is -0.137. The van der Waals surface area contributed by atoms with Crippen LogP contribution in [0.3, 0.4) is 0 Å². The Labute approximate surface area is 98.1 Å². The number of rotatable bonds is 5. The summed E-state index contributed by atoms with van der Waals surface area (Å²) in [6, 6.07) is 8.51. The molecule has 3 N–H and O–H groups in total. The quantitative estimate of drug-likeness (QED) is 0.802. The van der Waals surface area contributed by atoms with Crippen molar-refractivity contribution in [1.82, 2.24) is 0 Å². The third kappa shape index (κ3) is 3.57. The van der Waals surface area contributed by atoms with Crippen molar-refractivity contribution in [2.45, 2.75) is 11.8 Å². The lowest BCUT2D eigenvalue weighted by Crippen LogP contribution is -2.32. The summed E-state index contributed by atoms with van der Waals surface area (Å²) in [5, 5.41) is 17.4. The predicted octanol–water partition coefficient (Wildman–Crippen LogP) is 1.20. The smallest absolute Gasteiger partial charge is 0.321 e. The summed E-state index contributed by atoms with van der Waals surface area (Å²) in [6.07, 6.45) is 0. The van der Waals surface area contributed by atoms with Gasteiger partial charge in [0.1, 0.15) is 6.04 Å². The SMILES string of the molecule is N#Cc1ccccc1CSCC(N)C(=O)O. The molecular weight excluding hydrogens is 224 g/mol. The second-order valence-electron chi connectivity index (χ2n) is 3.23. The first-order valence-electron chi connectivity index (χ1n) is 4.69. The summed E-state index contributed by atoms with van der Waals surface area (Å²) in [7, 11) is 0. The molecule has 0 aliphatic rings. The van der Waals surface area contributed by atoms with Crippen molar-refractivity contribution in [2.75, 3.05) is 5.75 Å². The number of carbonyl (C=O) groups is 1. The Morgan fingerprint density at radius 1 is 1.56 bits per heavy atom. The predicted molar refractivity (Wildman–Crippen MR) is 62.9 cm³/mol. The standard InChI is InChI=1S/C11H12N2O2S/c12-5-8-3-1-2-4-9(8)6-16-7-10(13)11(14)15/h1-4,10H,6-7,13H2,(H,14,15). The van der Waals surface area contributed by atoms with Crippen molar-refractivity contribution in [3.63, 3.8) is 0 Å². The second kappa shape index (κ2) is 6.16. The highest BCUT2D eigenvalue weighted by Gasteiger charge is 2.11. The third-order valence-electron chi connectivity index (χ3n) is 2.01. The van der Waals surface area contributed by atoms with Crippen molar-refractivity contribution in [3.8, 4) is 6.07 Å². The van der Waals surface area contributed by atoms with Gasteiger partial charge in [0.15, 0.2) is 0 Å². The van der Waals surface area contributed by atoms with Gasteiger partial charge in [-0.2, -0.15) is 17.0 Å². The van der Waals surface area contributed by atoms with Gasteiger partial charge in [-0.1, -0.05) is 18.2 Å². The number of carboxylic acids is 1. The number of thioether (sulfide) groups is 1. The minimum atomic E-state index is -0.999. The van der Waals surface area contributed by atoms with Crippen molar-refractivity contribution in [1.29, 1.82) is 5.26 Å². The van der Waals surface area contributed by atoms with Gasteiger partial charge in [0.25, 0.3) is 0 Å². The largest absolute Gasteiger partial charge is 0.480 e. The zero-order chi connectivity index (χ0) is 12.0. The number of benzene rings is 1. The summed E-state index contributed by atoms with van der Waals surface area (Å²) in [5.74, 6) is -0.0548. The van der Waals surface area contributed by atoms with E-state index in [1.807, 2.05) is 12.1 Å². The Morgan fingerprint density at radius 3 is 2.88 bits per heavy atom. The van der Waals surface area contributed by atoms with Crippen LogP contribution in [0.25, 0.3) is 0 Å². The number of hydrogen-bond acceptors (Lipinski definition) is 4. The lowest BCUT2D eigenvalue weighted by Gasteiger charge is -2.06. The molecule has 1 aromatic carbocycles. The van der Waals surface area contributed by atoms with Crippen LogP contribution in [-0.4, -0.2) is 22.9 Å².